The van der Waals surface area contributed by atoms with E-state index in [9.17, 15) is 19.5 Å². The highest BCUT2D eigenvalue weighted by atomic mass is 28.4. The standard InChI is InChI=1S/C27H34FN3O6Si/c1-16-24(38(3,4)28)22(14-23(33)30-11-5-7-18(30)15-32)37-27(16)19-13-17(9-10-20(19)29-26(27)35)31-12-6-8-21(36-2)25(31)34/h6,8-10,12-13,16,18,22,24,32H,5,7,11,14-15H2,1-4H3,(H,29,35)/t16-,18+,22+,24-,27+/m1/s1. The quantitative estimate of drug-likeness (QED) is 0.428. The van der Waals surface area contributed by atoms with Crippen molar-refractivity contribution >= 4 is 25.9 Å². The van der Waals surface area contributed by atoms with Gasteiger partial charge in [-0.15, -0.1) is 0 Å². The maximum atomic E-state index is 15.9. The number of ether oxygens (including phenoxy) is 2. The van der Waals surface area contributed by atoms with E-state index in [0.717, 1.165) is 12.8 Å². The SMILES string of the molecule is COc1cccn(-c2ccc3c(c2)[C@]2(O[C@@H](CC(=O)N4CCC[C@H]4CO)[C@H]([Si](C)(C)F)[C@H]2C)C(=O)N3)c1=O. The number of methoxy groups -OCH3 is 1. The second-order valence-electron chi connectivity index (χ2n) is 11.0. The Hall–Kier alpha value is -3.02. The number of carbonyl (C=O) groups excluding carboxylic acids is 2. The summed E-state index contributed by atoms with van der Waals surface area (Å²) < 4.78 is 29.0. The van der Waals surface area contributed by atoms with Crippen LogP contribution in [0.15, 0.2) is 41.3 Å². The van der Waals surface area contributed by atoms with Crippen molar-refractivity contribution < 1.29 is 28.3 Å². The van der Waals surface area contributed by atoms with Crippen molar-refractivity contribution in [3.8, 4) is 11.4 Å². The monoisotopic (exact) mass is 543 g/mol. The van der Waals surface area contributed by atoms with Crippen molar-refractivity contribution in [3.63, 3.8) is 0 Å². The lowest BCUT2D eigenvalue weighted by atomic mass is 9.82. The summed E-state index contributed by atoms with van der Waals surface area (Å²) in [5.74, 6) is -0.982. The Labute approximate surface area is 221 Å². The molecule has 2 N–H and O–H groups in total. The third kappa shape index (κ3) is 4.07. The third-order valence-corrected chi connectivity index (χ3v) is 10.9. The van der Waals surface area contributed by atoms with Gasteiger partial charge in [0.05, 0.1) is 32.3 Å². The molecule has 0 radical (unpaired) electrons. The van der Waals surface area contributed by atoms with Gasteiger partial charge >= 0.3 is 0 Å². The molecule has 11 heteroatoms. The van der Waals surface area contributed by atoms with Crippen LogP contribution in [0.25, 0.3) is 5.69 Å². The molecule has 2 aromatic rings. The maximum Gasteiger partial charge on any atom is 0.297 e. The first-order valence-electron chi connectivity index (χ1n) is 13.0. The van der Waals surface area contributed by atoms with Crippen LogP contribution < -0.4 is 15.6 Å². The number of anilines is 1. The molecule has 2 saturated heterocycles. The number of aliphatic hydroxyl groups excluding tert-OH is 1. The molecule has 1 aromatic carbocycles. The highest BCUT2D eigenvalue weighted by Gasteiger charge is 2.65. The Morgan fingerprint density at radius 2 is 2.08 bits per heavy atom. The van der Waals surface area contributed by atoms with E-state index in [1.54, 1.807) is 54.5 Å². The molecule has 3 aliphatic heterocycles. The number of hydrogen-bond donors (Lipinski definition) is 2. The average molecular weight is 544 g/mol. The summed E-state index contributed by atoms with van der Waals surface area (Å²) in [4.78, 5) is 41.4. The number of benzene rings is 1. The molecule has 0 unspecified atom stereocenters. The minimum absolute atomic E-state index is 0.0642. The van der Waals surface area contributed by atoms with Crippen LogP contribution in [-0.4, -0.2) is 67.2 Å². The van der Waals surface area contributed by atoms with Crippen molar-refractivity contribution in [1.82, 2.24) is 9.47 Å². The van der Waals surface area contributed by atoms with Gasteiger partial charge in [0, 0.05) is 41.1 Å². The van der Waals surface area contributed by atoms with Crippen LogP contribution in [0.4, 0.5) is 9.80 Å². The third-order valence-electron chi connectivity index (χ3n) is 8.39. The van der Waals surface area contributed by atoms with Crippen LogP contribution in [-0.2, 0) is 19.9 Å². The number of carbonyl (C=O) groups is 2. The minimum Gasteiger partial charge on any atom is -0.491 e. The molecule has 0 saturated carbocycles. The summed E-state index contributed by atoms with van der Waals surface area (Å²) >= 11 is 0. The summed E-state index contributed by atoms with van der Waals surface area (Å²) in [5, 5.41) is 12.6. The Balaban J connectivity index is 1.55. The van der Waals surface area contributed by atoms with Crippen LogP contribution in [0.1, 0.15) is 31.7 Å². The Morgan fingerprint density at radius 3 is 2.76 bits per heavy atom. The van der Waals surface area contributed by atoms with Crippen LogP contribution >= 0.6 is 0 Å². The number of fused-ring (bicyclic) bond motifs is 2. The number of likely N-dealkylation sites (tertiary alicyclic amines) is 1. The minimum atomic E-state index is -3.42. The van der Waals surface area contributed by atoms with E-state index in [1.807, 2.05) is 6.92 Å². The summed E-state index contributed by atoms with van der Waals surface area (Å²) in [6, 6.07) is 8.16. The van der Waals surface area contributed by atoms with Gasteiger partial charge in [0.25, 0.3) is 11.5 Å². The van der Waals surface area contributed by atoms with Gasteiger partial charge in [-0.2, -0.15) is 0 Å². The van der Waals surface area contributed by atoms with E-state index >= 15 is 4.11 Å². The van der Waals surface area contributed by atoms with Crippen molar-refractivity contribution in [2.45, 2.75) is 62.6 Å². The van der Waals surface area contributed by atoms with Gasteiger partial charge in [-0.05, 0) is 56.3 Å². The Kier molecular flexibility index (Phi) is 6.73. The molecule has 1 spiro atoms. The number of rotatable bonds is 6. The Bertz CT molecular complexity index is 1330. The smallest absolute Gasteiger partial charge is 0.297 e. The van der Waals surface area contributed by atoms with Crippen molar-refractivity contribution in [2.75, 3.05) is 25.6 Å². The number of pyridine rings is 1. The highest BCUT2D eigenvalue weighted by molar-refractivity contribution is 6.72. The molecule has 0 aliphatic carbocycles. The molecule has 2 fully saturated rings. The molecule has 9 nitrogen and oxygen atoms in total. The maximum absolute atomic E-state index is 15.9. The number of aromatic nitrogens is 1. The molecule has 5 rings (SSSR count). The summed E-state index contributed by atoms with van der Waals surface area (Å²) in [5.41, 5.74) is -0.914. The summed E-state index contributed by atoms with van der Waals surface area (Å²) in [6.45, 7) is 5.41. The van der Waals surface area contributed by atoms with Crippen molar-refractivity contribution in [2.24, 2.45) is 5.92 Å². The number of nitrogens with one attached hydrogen (secondary N) is 1. The average Bonchev–Trinajstić information content (AvgIpc) is 3.54. The zero-order chi connectivity index (χ0) is 27.4. The second kappa shape index (κ2) is 9.62. The van der Waals surface area contributed by atoms with E-state index in [0.29, 0.717) is 23.5 Å². The van der Waals surface area contributed by atoms with Gasteiger partial charge in [-0.25, -0.2) is 0 Å². The molecule has 0 bridgehead atoms. The second-order valence-corrected chi connectivity index (χ2v) is 14.8. The van der Waals surface area contributed by atoms with E-state index in [2.05, 4.69) is 5.32 Å². The molecule has 5 atom stereocenters. The molecular weight excluding hydrogens is 509 g/mol. The first-order valence-corrected chi connectivity index (χ1v) is 16.0. The fraction of sp³-hybridized carbons (Fsp3) is 0.519. The van der Waals surface area contributed by atoms with Crippen molar-refractivity contribution in [1.29, 1.82) is 0 Å². The van der Waals surface area contributed by atoms with Crippen molar-refractivity contribution in [3.05, 3.63) is 52.4 Å². The molecule has 4 heterocycles. The first-order chi connectivity index (χ1) is 18.0. The lowest BCUT2D eigenvalue weighted by molar-refractivity contribution is -0.148. The molecule has 204 valence electrons. The van der Waals surface area contributed by atoms with Gasteiger partial charge in [0.2, 0.25) is 14.3 Å². The largest absolute Gasteiger partial charge is 0.491 e. The lowest BCUT2D eigenvalue weighted by Gasteiger charge is -2.31. The van der Waals surface area contributed by atoms with Crippen LogP contribution in [0.3, 0.4) is 0 Å². The van der Waals surface area contributed by atoms with Crippen LogP contribution in [0.5, 0.6) is 5.75 Å². The number of nitrogens with zero attached hydrogens (tertiary/aromatic N) is 2. The molecular formula is C27H34FN3O6Si. The van der Waals surface area contributed by atoms with E-state index in [-0.39, 0.29) is 36.3 Å². The van der Waals surface area contributed by atoms with Crippen LogP contribution in [0.2, 0.25) is 18.6 Å². The molecule has 2 amide bonds. The topological polar surface area (TPSA) is 110 Å². The summed E-state index contributed by atoms with van der Waals surface area (Å²) in [6.07, 6.45) is 2.27. The van der Waals surface area contributed by atoms with Gasteiger partial charge in [-0.1, -0.05) is 6.92 Å². The van der Waals surface area contributed by atoms with Gasteiger partial charge < -0.3 is 28.9 Å². The highest BCUT2D eigenvalue weighted by Crippen LogP contribution is 2.59. The molecule has 1 aromatic heterocycles. The predicted molar refractivity (Wildman–Crippen MR) is 142 cm³/mol. The fourth-order valence-corrected chi connectivity index (χ4v) is 9.17. The van der Waals surface area contributed by atoms with E-state index < -0.39 is 37.5 Å². The molecule has 3 aliphatic rings. The summed E-state index contributed by atoms with van der Waals surface area (Å²) in [7, 11) is -2.00. The van der Waals surface area contributed by atoms with Gasteiger partial charge in [-0.3, -0.25) is 19.0 Å². The molecule has 38 heavy (non-hydrogen) atoms. The lowest BCUT2D eigenvalue weighted by Crippen LogP contribution is -2.42. The number of amides is 2. The number of aliphatic hydroxyl groups is 1. The van der Waals surface area contributed by atoms with E-state index in [4.69, 9.17) is 9.47 Å². The van der Waals surface area contributed by atoms with Crippen LogP contribution in [0, 0.1) is 5.92 Å². The predicted octanol–water partition coefficient (Wildman–Crippen LogP) is 2.95. The Morgan fingerprint density at radius 1 is 1.32 bits per heavy atom. The number of halogens is 1. The van der Waals surface area contributed by atoms with Gasteiger partial charge in [0.15, 0.2) is 11.4 Å². The normalized spacial score (nSPS) is 28.6. The zero-order valence-corrected chi connectivity index (χ0v) is 23.1. The zero-order valence-electron chi connectivity index (χ0n) is 22.1. The van der Waals surface area contributed by atoms with Gasteiger partial charge in [0.1, 0.15) is 0 Å². The first kappa shape index (κ1) is 26.6. The number of hydrogen-bond acceptors (Lipinski definition) is 6. The van der Waals surface area contributed by atoms with E-state index in [1.165, 1.54) is 11.7 Å². The fourth-order valence-electron chi connectivity index (χ4n) is 6.68.